The molecule has 2 aromatic rings. The third-order valence-corrected chi connectivity index (χ3v) is 3.00. The number of anilines is 1. The first kappa shape index (κ1) is 13.4. The van der Waals surface area contributed by atoms with Crippen molar-refractivity contribution in [3.63, 3.8) is 0 Å². The lowest BCUT2D eigenvalue weighted by Crippen LogP contribution is -2.02. The van der Waals surface area contributed by atoms with E-state index in [1.165, 1.54) is 0 Å². The molecule has 1 N–H and O–H groups in total. The summed E-state index contributed by atoms with van der Waals surface area (Å²) >= 11 is 5.94. The summed E-state index contributed by atoms with van der Waals surface area (Å²) < 4.78 is 1.90. The molecule has 0 aliphatic heterocycles. The van der Waals surface area contributed by atoms with Gasteiger partial charge in [-0.2, -0.15) is 10.4 Å². The molecular weight excluding hydrogens is 260 g/mol. The van der Waals surface area contributed by atoms with Gasteiger partial charge in [-0.15, -0.1) is 0 Å². The number of nitriles is 1. The zero-order chi connectivity index (χ0) is 13.8. The second-order valence-corrected chi connectivity index (χ2v) is 5.01. The van der Waals surface area contributed by atoms with E-state index in [1.54, 1.807) is 18.2 Å². The summed E-state index contributed by atoms with van der Waals surface area (Å²) in [6.45, 7) is 4.77. The number of hydrogen-bond donors (Lipinski definition) is 1. The Kier molecular flexibility index (Phi) is 4.08. The van der Waals surface area contributed by atoms with Gasteiger partial charge in [0.15, 0.2) is 0 Å². The third kappa shape index (κ3) is 3.27. The summed E-state index contributed by atoms with van der Waals surface area (Å²) in [5.41, 5.74) is 2.39. The van der Waals surface area contributed by atoms with Crippen LogP contribution in [0.4, 0.5) is 5.69 Å². The van der Waals surface area contributed by atoms with Crippen LogP contribution in [-0.2, 0) is 6.54 Å². The van der Waals surface area contributed by atoms with Gasteiger partial charge in [0.1, 0.15) is 6.07 Å². The van der Waals surface area contributed by atoms with Crippen molar-refractivity contribution < 1.29 is 0 Å². The van der Waals surface area contributed by atoms with Crippen molar-refractivity contribution in [1.29, 1.82) is 5.26 Å². The molecule has 1 aromatic carbocycles. The number of halogens is 1. The quantitative estimate of drug-likeness (QED) is 0.927. The molecule has 0 saturated carbocycles. The Morgan fingerprint density at radius 3 is 2.89 bits per heavy atom. The van der Waals surface area contributed by atoms with Crippen molar-refractivity contribution in [3.05, 3.63) is 46.7 Å². The maximum Gasteiger partial charge on any atom is 0.101 e. The van der Waals surface area contributed by atoms with Crippen LogP contribution in [0.5, 0.6) is 0 Å². The Labute approximate surface area is 117 Å². The first-order valence-electron chi connectivity index (χ1n) is 6.06. The highest BCUT2D eigenvalue weighted by Gasteiger charge is 2.05. The standard InChI is InChI=1S/C14H15ClN4/c1-10(2)19-9-11(8-18-19)7-17-14-5-13(15)4-3-12(14)6-16/h3-5,8-10,17H,7H2,1-2H3. The van der Waals surface area contributed by atoms with Crippen LogP contribution in [0.2, 0.25) is 5.02 Å². The van der Waals surface area contributed by atoms with Crippen molar-refractivity contribution in [2.75, 3.05) is 5.32 Å². The molecule has 4 nitrogen and oxygen atoms in total. The fourth-order valence-electron chi connectivity index (χ4n) is 1.71. The number of benzene rings is 1. The van der Waals surface area contributed by atoms with E-state index in [9.17, 15) is 0 Å². The molecule has 0 amide bonds. The van der Waals surface area contributed by atoms with E-state index in [0.29, 0.717) is 23.2 Å². The largest absolute Gasteiger partial charge is 0.380 e. The maximum atomic E-state index is 9.03. The lowest BCUT2D eigenvalue weighted by atomic mass is 10.2. The van der Waals surface area contributed by atoms with Crippen LogP contribution >= 0.6 is 11.6 Å². The minimum absolute atomic E-state index is 0.342. The zero-order valence-corrected chi connectivity index (χ0v) is 11.6. The molecule has 98 valence electrons. The molecule has 5 heteroatoms. The van der Waals surface area contributed by atoms with E-state index < -0.39 is 0 Å². The van der Waals surface area contributed by atoms with Crippen LogP contribution in [0.1, 0.15) is 31.0 Å². The molecular formula is C14H15ClN4. The first-order valence-corrected chi connectivity index (χ1v) is 6.44. The molecule has 0 fully saturated rings. The maximum absolute atomic E-state index is 9.03. The Balaban J connectivity index is 2.10. The molecule has 0 aliphatic rings. The van der Waals surface area contributed by atoms with Crippen LogP contribution in [0.25, 0.3) is 0 Å². The molecule has 0 atom stereocenters. The highest BCUT2D eigenvalue weighted by molar-refractivity contribution is 6.30. The zero-order valence-electron chi connectivity index (χ0n) is 10.9. The number of nitrogens with one attached hydrogen (secondary N) is 1. The molecule has 19 heavy (non-hydrogen) atoms. The van der Waals surface area contributed by atoms with Gasteiger partial charge in [0.2, 0.25) is 0 Å². The second kappa shape index (κ2) is 5.77. The first-order chi connectivity index (χ1) is 9.10. The highest BCUT2D eigenvalue weighted by atomic mass is 35.5. The van der Waals surface area contributed by atoms with Crippen molar-refractivity contribution in [2.24, 2.45) is 0 Å². The number of rotatable bonds is 4. The summed E-state index contributed by atoms with van der Waals surface area (Å²) in [5, 5.41) is 17.1. The molecule has 0 saturated heterocycles. The summed E-state index contributed by atoms with van der Waals surface area (Å²) in [4.78, 5) is 0. The molecule has 1 aromatic heterocycles. The van der Waals surface area contributed by atoms with Gasteiger partial charge in [0.05, 0.1) is 17.4 Å². The number of nitrogens with zero attached hydrogens (tertiary/aromatic N) is 3. The molecule has 0 bridgehead atoms. The fourth-order valence-corrected chi connectivity index (χ4v) is 1.88. The second-order valence-electron chi connectivity index (χ2n) is 4.58. The monoisotopic (exact) mass is 274 g/mol. The third-order valence-electron chi connectivity index (χ3n) is 2.77. The van der Waals surface area contributed by atoms with Crippen LogP contribution in [0.3, 0.4) is 0 Å². The van der Waals surface area contributed by atoms with E-state index in [-0.39, 0.29) is 0 Å². The van der Waals surface area contributed by atoms with Gasteiger partial charge >= 0.3 is 0 Å². The molecule has 0 unspecified atom stereocenters. The van der Waals surface area contributed by atoms with Crippen molar-refractivity contribution >= 4 is 17.3 Å². The van der Waals surface area contributed by atoms with Gasteiger partial charge in [-0.05, 0) is 32.0 Å². The van der Waals surface area contributed by atoms with Crippen molar-refractivity contribution in [1.82, 2.24) is 9.78 Å². The van der Waals surface area contributed by atoms with Gasteiger partial charge in [0.25, 0.3) is 0 Å². The van der Waals surface area contributed by atoms with Gasteiger partial charge < -0.3 is 5.32 Å². The molecule has 0 spiro atoms. The van der Waals surface area contributed by atoms with E-state index in [2.05, 4.69) is 30.3 Å². The summed E-state index contributed by atoms with van der Waals surface area (Å²) in [7, 11) is 0. The van der Waals surface area contributed by atoms with Gasteiger partial charge in [-0.25, -0.2) is 0 Å². The molecule has 2 rings (SSSR count). The van der Waals surface area contributed by atoms with E-state index >= 15 is 0 Å². The van der Waals surface area contributed by atoms with Crippen molar-refractivity contribution in [3.8, 4) is 6.07 Å². The number of hydrogen-bond acceptors (Lipinski definition) is 3. The van der Waals surface area contributed by atoms with Crippen LogP contribution in [0, 0.1) is 11.3 Å². The Morgan fingerprint density at radius 1 is 1.47 bits per heavy atom. The average molecular weight is 275 g/mol. The Bertz CT molecular complexity index is 610. The smallest absolute Gasteiger partial charge is 0.101 e. The normalized spacial score (nSPS) is 10.5. The van der Waals surface area contributed by atoms with Gasteiger partial charge in [-0.3, -0.25) is 4.68 Å². The van der Waals surface area contributed by atoms with Gasteiger partial charge in [-0.1, -0.05) is 11.6 Å². The predicted molar refractivity (Wildman–Crippen MR) is 76.1 cm³/mol. The van der Waals surface area contributed by atoms with Crippen LogP contribution < -0.4 is 5.32 Å². The summed E-state index contributed by atoms with van der Waals surface area (Å²) in [6.07, 6.45) is 3.82. The van der Waals surface area contributed by atoms with E-state index in [0.717, 1.165) is 11.3 Å². The van der Waals surface area contributed by atoms with Gasteiger partial charge in [0, 0.05) is 29.4 Å². The van der Waals surface area contributed by atoms with Crippen molar-refractivity contribution in [2.45, 2.75) is 26.4 Å². The lowest BCUT2D eigenvalue weighted by molar-refractivity contribution is 0.532. The van der Waals surface area contributed by atoms with Crippen LogP contribution in [0.15, 0.2) is 30.6 Å². The fraction of sp³-hybridized carbons (Fsp3) is 0.286. The highest BCUT2D eigenvalue weighted by Crippen LogP contribution is 2.21. The Hall–Kier alpha value is -1.99. The Morgan fingerprint density at radius 2 is 2.26 bits per heavy atom. The predicted octanol–water partition coefficient (Wildman–Crippen LogP) is 3.60. The topological polar surface area (TPSA) is 53.6 Å². The van der Waals surface area contributed by atoms with E-state index in [4.69, 9.17) is 16.9 Å². The summed E-state index contributed by atoms with van der Waals surface area (Å²) in [5.74, 6) is 0. The van der Waals surface area contributed by atoms with Crippen LogP contribution in [-0.4, -0.2) is 9.78 Å². The molecule has 0 radical (unpaired) electrons. The SMILES string of the molecule is CC(C)n1cc(CNc2cc(Cl)ccc2C#N)cn1. The average Bonchev–Trinajstić information content (AvgIpc) is 2.85. The van der Waals surface area contributed by atoms with E-state index in [1.807, 2.05) is 17.1 Å². The lowest BCUT2D eigenvalue weighted by Gasteiger charge is -2.07. The minimum Gasteiger partial charge on any atom is -0.380 e. The molecule has 1 heterocycles. The molecule has 0 aliphatic carbocycles. The number of aromatic nitrogens is 2. The summed E-state index contributed by atoms with van der Waals surface area (Å²) in [6, 6.07) is 7.66. The minimum atomic E-state index is 0.342.